The number of nitrogens with two attached hydrogens (primary N) is 1. The molecule has 0 saturated carbocycles. The summed E-state index contributed by atoms with van der Waals surface area (Å²) in [6, 6.07) is 5.48. The number of esters is 1. The molecule has 0 unspecified atom stereocenters. The van der Waals surface area contributed by atoms with E-state index in [1.807, 2.05) is 20.8 Å². The van der Waals surface area contributed by atoms with Crippen LogP contribution in [0.3, 0.4) is 0 Å². The number of carbonyl (C=O) groups excluding carboxylic acids is 1. The van der Waals surface area contributed by atoms with E-state index in [9.17, 15) is 13.2 Å². The molecule has 0 amide bonds. The van der Waals surface area contributed by atoms with Crippen molar-refractivity contribution in [2.75, 3.05) is 6.61 Å². The minimum Gasteiger partial charge on any atom is -0.460 e. The SMILES string of the molecule is C=CCOC(=O)[C@H](N)[C@@H](C)CC.Cc1ccc(S(=O)(=O)O)cc1. The fourth-order valence-electron chi connectivity index (χ4n) is 1.43. The number of ether oxygens (including phenoxy) is 1. The van der Waals surface area contributed by atoms with E-state index in [1.165, 1.54) is 18.2 Å². The monoisotopic (exact) mass is 343 g/mol. The van der Waals surface area contributed by atoms with E-state index in [2.05, 4.69) is 6.58 Å². The highest BCUT2D eigenvalue weighted by Gasteiger charge is 2.20. The number of aryl methyl sites for hydroxylation is 1. The van der Waals surface area contributed by atoms with E-state index in [4.69, 9.17) is 15.0 Å². The zero-order valence-corrected chi connectivity index (χ0v) is 14.5. The van der Waals surface area contributed by atoms with Crippen LogP contribution in [0.1, 0.15) is 25.8 Å². The number of hydrogen-bond acceptors (Lipinski definition) is 5. The van der Waals surface area contributed by atoms with Crippen LogP contribution in [-0.4, -0.2) is 31.6 Å². The molecule has 6 nitrogen and oxygen atoms in total. The summed E-state index contributed by atoms with van der Waals surface area (Å²) in [6.07, 6.45) is 2.41. The molecule has 0 spiro atoms. The highest BCUT2D eigenvalue weighted by atomic mass is 32.2. The van der Waals surface area contributed by atoms with Crippen molar-refractivity contribution in [2.45, 2.75) is 38.1 Å². The Bertz CT molecular complexity index is 595. The molecule has 0 heterocycles. The maximum Gasteiger partial charge on any atom is 0.323 e. The van der Waals surface area contributed by atoms with E-state index in [1.54, 1.807) is 12.1 Å². The van der Waals surface area contributed by atoms with Gasteiger partial charge in [0.05, 0.1) is 4.90 Å². The Labute approximate surface area is 138 Å². The first kappa shape index (κ1) is 21.3. The smallest absolute Gasteiger partial charge is 0.323 e. The number of benzene rings is 1. The molecule has 1 rings (SSSR count). The highest BCUT2D eigenvalue weighted by molar-refractivity contribution is 7.85. The van der Waals surface area contributed by atoms with Gasteiger partial charge in [-0.15, -0.1) is 0 Å². The summed E-state index contributed by atoms with van der Waals surface area (Å²) in [7, 11) is -4.02. The second-order valence-corrected chi connectivity index (χ2v) is 6.54. The van der Waals surface area contributed by atoms with Crippen molar-refractivity contribution < 1.29 is 22.5 Å². The molecule has 1 aromatic carbocycles. The predicted molar refractivity (Wildman–Crippen MR) is 89.6 cm³/mol. The van der Waals surface area contributed by atoms with Crippen molar-refractivity contribution >= 4 is 16.1 Å². The Hall–Kier alpha value is -1.70. The average molecular weight is 343 g/mol. The van der Waals surface area contributed by atoms with E-state index in [-0.39, 0.29) is 23.4 Å². The van der Waals surface area contributed by atoms with Gasteiger partial charge in [-0.2, -0.15) is 8.42 Å². The van der Waals surface area contributed by atoms with Gasteiger partial charge in [0, 0.05) is 0 Å². The van der Waals surface area contributed by atoms with Gasteiger partial charge in [0.2, 0.25) is 0 Å². The van der Waals surface area contributed by atoms with Crippen molar-refractivity contribution in [1.82, 2.24) is 0 Å². The molecule has 23 heavy (non-hydrogen) atoms. The van der Waals surface area contributed by atoms with Crippen molar-refractivity contribution in [3.63, 3.8) is 0 Å². The molecule has 0 radical (unpaired) electrons. The predicted octanol–water partition coefficient (Wildman–Crippen LogP) is 2.33. The van der Waals surface area contributed by atoms with Crippen molar-refractivity contribution in [3.8, 4) is 0 Å². The van der Waals surface area contributed by atoms with Crippen molar-refractivity contribution in [2.24, 2.45) is 11.7 Å². The molecule has 0 aromatic heterocycles. The second-order valence-electron chi connectivity index (χ2n) is 5.12. The maximum absolute atomic E-state index is 11.1. The topological polar surface area (TPSA) is 107 Å². The normalized spacial score (nSPS) is 13.3. The molecular formula is C16H25NO5S. The molecule has 0 aliphatic heterocycles. The molecular weight excluding hydrogens is 318 g/mol. The quantitative estimate of drug-likeness (QED) is 0.466. The Morgan fingerprint density at radius 2 is 1.91 bits per heavy atom. The van der Waals surface area contributed by atoms with Gasteiger partial charge in [-0.05, 0) is 25.0 Å². The lowest BCUT2D eigenvalue weighted by atomic mass is 10.0. The Morgan fingerprint density at radius 3 is 2.30 bits per heavy atom. The number of rotatable bonds is 6. The summed E-state index contributed by atoms with van der Waals surface area (Å²) >= 11 is 0. The van der Waals surface area contributed by atoms with E-state index < -0.39 is 16.2 Å². The van der Waals surface area contributed by atoms with Gasteiger partial charge in [0.15, 0.2) is 0 Å². The fourth-order valence-corrected chi connectivity index (χ4v) is 1.91. The van der Waals surface area contributed by atoms with Crippen LogP contribution in [-0.2, 0) is 19.6 Å². The van der Waals surface area contributed by atoms with E-state index >= 15 is 0 Å². The van der Waals surface area contributed by atoms with Crippen LogP contribution in [0.15, 0.2) is 41.8 Å². The molecule has 3 N–H and O–H groups in total. The van der Waals surface area contributed by atoms with Crippen LogP contribution in [0.5, 0.6) is 0 Å². The van der Waals surface area contributed by atoms with Crippen molar-refractivity contribution in [3.05, 3.63) is 42.5 Å². The zero-order chi connectivity index (χ0) is 18.0. The first-order chi connectivity index (χ1) is 10.6. The van der Waals surface area contributed by atoms with Crippen LogP contribution in [0.2, 0.25) is 0 Å². The number of hydrogen-bond donors (Lipinski definition) is 2. The second kappa shape index (κ2) is 10.1. The molecule has 0 bridgehead atoms. The molecule has 0 aliphatic carbocycles. The minimum atomic E-state index is -4.02. The number of carbonyl (C=O) groups is 1. The summed E-state index contributed by atoms with van der Waals surface area (Å²) in [5, 5.41) is 0. The van der Waals surface area contributed by atoms with E-state index in [0.717, 1.165) is 12.0 Å². The molecule has 2 atom stereocenters. The highest BCUT2D eigenvalue weighted by Crippen LogP contribution is 2.08. The van der Waals surface area contributed by atoms with Crippen LogP contribution in [0, 0.1) is 12.8 Å². The van der Waals surface area contributed by atoms with Gasteiger partial charge in [-0.1, -0.05) is 50.6 Å². The van der Waals surface area contributed by atoms with Gasteiger partial charge in [0.1, 0.15) is 12.6 Å². The fraction of sp³-hybridized carbons (Fsp3) is 0.438. The van der Waals surface area contributed by atoms with Gasteiger partial charge < -0.3 is 10.5 Å². The first-order valence-corrected chi connectivity index (χ1v) is 8.64. The van der Waals surface area contributed by atoms with Crippen LogP contribution in [0.25, 0.3) is 0 Å². The molecule has 0 aliphatic rings. The van der Waals surface area contributed by atoms with Crippen LogP contribution < -0.4 is 5.73 Å². The maximum atomic E-state index is 11.1. The average Bonchev–Trinajstić information content (AvgIpc) is 2.51. The van der Waals surface area contributed by atoms with Gasteiger partial charge in [0.25, 0.3) is 10.1 Å². The third-order valence-corrected chi connectivity index (χ3v) is 4.06. The molecule has 7 heteroatoms. The zero-order valence-electron chi connectivity index (χ0n) is 13.7. The lowest BCUT2D eigenvalue weighted by molar-refractivity contribution is -0.145. The molecule has 0 fully saturated rings. The van der Waals surface area contributed by atoms with Crippen molar-refractivity contribution in [1.29, 1.82) is 0 Å². The van der Waals surface area contributed by atoms with Gasteiger partial charge in [-0.3, -0.25) is 9.35 Å². The third kappa shape index (κ3) is 8.49. The van der Waals surface area contributed by atoms with Crippen LogP contribution in [0.4, 0.5) is 0 Å². The summed E-state index contributed by atoms with van der Waals surface area (Å²) in [5.41, 5.74) is 6.56. The Balaban J connectivity index is 0.000000422. The van der Waals surface area contributed by atoms with Crippen LogP contribution >= 0.6 is 0 Å². The summed E-state index contributed by atoms with van der Waals surface area (Å²) in [5.74, 6) is -0.174. The Kier molecular flexibility index (Phi) is 9.40. The summed E-state index contributed by atoms with van der Waals surface area (Å²) in [4.78, 5) is 11.0. The summed E-state index contributed by atoms with van der Waals surface area (Å²) in [6.45, 7) is 9.44. The molecule has 130 valence electrons. The minimum absolute atomic E-state index is 0.0666. The lowest BCUT2D eigenvalue weighted by Gasteiger charge is -2.15. The first-order valence-electron chi connectivity index (χ1n) is 7.20. The van der Waals surface area contributed by atoms with E-state index in [0.29, 0.717) is 0 Å². The lowest BCUT2D eigenvalue weighted by Crippen LogP contribution is -2.38. The molecule has 1 aromatic rings. The summed E-state index contributed by atoms with van der Waals surface area (Å²) < 4.78 is 34.3. The third-order valence-electron chi connectivity index (χ3n) is 3.19. The standard InChI is InChI=1S/C9H17NO2.C7H8O3S/c1-4-6-12-9(11)8(10)7(3)5-2;1-6-2-4-7(5-3-6)11(8,9)10/h4,7-8H,1,5-6,10H2,2-3H3;2-5H,1H3,(H,8,9,10)/t7-,8+;/m0./s1. The Morgan fingerprint density at radius 1 is 1.39 bits per heavy atom. The largest absolute Gasteiger partial charge is 0.460 e. The van der Waals surface area contributed by atoms with Gasteiger partial charge >= 0.3 is 5.97 Å². The van der Waals surface area contributed by atoms with Gasteiger partial charge in [-0.25, -0.2) is 0 Å². The molecule has 0 saturated heterocycles.